The van der Waals surface area contributed by atoms with E-state index < -0.39 is 83.9 Å². The number of nitrogens with one attached hydrogen (secondary N) is 2. The van der Waals surface area contributed by atoms with Crippen molar-refractivity contribution in [1.82, 2.24) is 5.32 Å². The van der Waals surface area contributed by atoms with E-state index in [1.807, 2.05) is 44.2 Å². The van der Waals surface area contributed by atoms with Crippen molar-refractivity contribution in [2.75, 3.05) is 32.8 Å². The molecule has 2 aliphatic heterocycles. The van der Waals surface area contributed by atoms with Crippen LogP contribution in [0.15, 0.2) is 47.5 Å². The summed E-state index contributed by atoms with van der Waals surface area (Å²) in [6, 6.07) is 10.8. The Labute approximate surface area is 351 Å². The number of fused-ring (bicyclic) bond motifs is 1. The summed E-state index contributed by atoms with van der Waals surface area (Å²) in [6.45, 7) is 5.11. The molecule has 0 unspecified atom stereocenters. The third-order valence-corrected chi connectivity index (χ3v) is 10.6. The van der Waals surface area contributed by atoms with Crippen LogP contribution in [-0.4, -0.2) is 135 Å². The molecule has 1 saturated heterocycles. The number of methoxy groups -OCH3 is 1. The molecule has 0 saturated carbocycles. The molecule has 12 N–H and O–H groups in total. The summed E-state index contributed by atoms with van der Waals surface area (Å²) in [4.78, 5) is 29.9. The number of aromatic carboxylic acids is 1. The number of aliphatic hydroxyl groups is 5. The monoisotopic (exact) mass is 858 g/mol. The molecule has 20 heteroatoms. The average molecular weight is 859 g/mol. The molecule has 20 nitrogen and oxygen atoms in total. The maximum Gasteiger partial charge on any atom is 0.344 e. The van der Waals surface area contributed by atoms with E-state index in [0.717, 1.165) is 17.7 Å². The first-order valence-corrected chi connectivity index (χ1v) is 19.5. The van der Waals surface area contributed by atoms with Crippen LogP contribution in [-0.2, 0) is 22.3 Å². The molecular formula is C41H54N4O16. The molecule has 9 atom stereocenters. The fraction of sp³-hybridized carbons (Fsp3) is 0.488. The molecule has 2 heterocycles. The van der Waals surface area contributed by atoms with Gasteiger partial charge in [0.05, 0.1) is 31.1 Å². The number of aliphatic hydroxyl groups excluding tert-OH is 5. The van der Waals surface area contributed by atoms with Gasteiger partial charge in [-0.2, -0.15) is 0 Å². The molecule has 2 aliphatic rings. The number of carbonyl (C=O) groups is 2. The van der Waals surface area contributed by atoms with Crippen LogP contribution in [0.1, 0.15) is 59.0 Å². The van der Waals surface area contributed by atoms with Crippen molar-refractivity contribution in [2.24, 2.45) is 22.6 Å². The fourth-order valence-electron chi connectivity index (χ4n) is 7.17. The molecule has 0 aromatic heterocycles. The molecule has 3 aromatic rings. The van der Waals surface area contributed by atoms with Gasteiger partial charge in [0.25, 0.3) is 0 Å². The topological polar surface area (TPSA) is 314 Å². The first kappa shape index (κ1) is 46.3. The largest absolute Gasteiger partial charge is 0.504 e. The Morgan fingerprint density at radius 1 is 0.984 bits per heavy atom. The number of carbonyl (C=O) groups excluding carboxylic acids is 1. The number of nitrogens with two attached hydrogens (primary N) is 1. The summed E-state index contributed by atoms with van der Waals surface area (Å²) in [7, 11) is 2.60. The Hall–Kier alpha value is -5.77. The van der Waals surface area contributed by atoms with E-state index in [4.69, 9.17) is 34.2 Å². The molecule has 61 heavy (non-hydrogen) atoms. The van der Waals surface area contributed by atoms with Gasteiger partial charge < -0.3 is 85.6 Å². The van der Waals surface area contributed by atoms with Crippen molar-refractivity contribution in [3.05, 3.63) is 64.7 Å². The maximum atomic E-state index is 13.5. The van der Waals surface area contributed by atoms with Crippen LogP contribution in [0, 0.1) is 11.8 Å². The van der Waals surface area contributed by atoms with Gasteiger partial charge in [-0.1, -0.05) is 44.2 Å². The van der Waals surface area contributed by atoms with Gasteiger partial charge in [0.2, 0.25) is 24.1 Å². The van der Waals surface area contributed by atoms with Gasteiger partial charge in [0, 0.05) is 43.1 Å². The highest BCUT2D eigenvalue weighted by Gasteiger charge is 2.50. The third kappa shape index (κ3) is 10.4. The number of esters is 1. The SMILES string of the molecule is CN=C(N)NCOc1cc(C(=O)O)c2c(c1O[C@@H]1O[C@H]([C@@H](O)OC(=O)c3cc(OC)c(O)c(OCCc4ccccc4)c3O)[C@@H](O)[C@H](O)[C@H]1O)CC[C@H]([C@H](O)C(C)C)[C@H](C)N2. The highest BCUT2D eigenvalue weighted by molar-refractivity contribution is 5.97. The van der Waals surface area contributed by atoms with E-state index in [-0.39, 0.29) is 71.6 Å². The second-order valence-electron chi connectivity index (χ2n) is 14.9. The number of hydrogen-bond acceptors (Lipinski definition) is 17. The lowest BCUT2D eigenvalue weighted by molar-refractivity contribution is -0.309. The Kier molecular flexibility index (Phi) is 15.3. The molecule has 0 spiro atoms. The number of guanidine groups is 1. The number of hydrogen-bond donors (Lipinski definition) is 11. The lowest BCUT2D eigenvalue weighted by Crippen LogP contribution is -2.62. The minimum atomic E-state index is -2.40. The van der Waals surface area contributed by atoms with Gasteiger partial charge in [-0.05, 0) is 31.2 Å². The fourth-order valence-corrected chi connectivity index (χ4v) is 7.17. The number of anilines is 1. The van der Waals surface area contributed by atoms with Crippen molar-refractivity contribution in [1.29, 1.82) is 0 Å². The molecule has 0 bridgehead atoms. The van der Waals surface area contributed by atoms with Crippen LogP contribution >= 0.6 is 0 Å². The molecule has 0 amide bonds. The van der Waals surface area contributed by atoms with Gasteiger partial charge in [-0.15, -0.1) is 0 Å². The number of benzene rings is 3. The van der Waals surface area contributed by atoms with E-state index in [2.05, 4.69) is 15.6 Å². The zero-order valence-electron chi connectivity index (χ0n) is 34.2. The predicted molar refractivity (Wildman–Crippen MR) is 216 cm³/mol. The lowest BCUT2D eigenvalue weighted by Gasteiger charge is -2.41. The van der Waals surface area contributed by atoms with Crippen LogP contribution in [0.4, 0.5) is 5.69 Å². The van der Waals surface area contributed by atoms with Crippen molar-refractivity contribution in [3.63, 3.8) is 0 Å². The highest BCUT2D eigenvalue weighted by Crippen LogP contribution is 2.47. The van der Waals surface area contributed by atoms with Gasteiger partial charge >= 0.3 is 11.9 Å². The Balaban J connectivity index is 1.44. The van der Waals surface area contributed by atoms with Gasteiger partial charge in [0.1, 0.15) is 23.9 Å². The second-order valence-corrected chi connectivity index (χ2v) is 14.9. The highest BCUT2D eigenvalue weighted by atomic mass is 16.7. The zero-order valence-corrected chi connectivity index (χ0v) is 34.2. The number of phenols is 2. The Morgan fingerprint density at radius 2 is 1.67 bits per heavy atom. The first-order valence-electron chi connectivity index (χ1n) is 19.5. The number of ether oxygens (including phenoxy) is 6. The molecule has 334 valence electrons. The summed E-state index contributed by atoms with van der Waals surface area (Å²) in [5.41, 5.74) is 6.14. The van der Waals surface area contributed by atoms with Crippen LogP contribution < -0.4 is 35.3 Å². The Morgan fingerprint density at radius 3 is 2.31 bits per heavy atom. The van der Waals surface area contributed by atoms with Gasteiger partial charge in [0.15, 0.2) is 41.8 Å². The van der Waals surface area contributed by atoms with Crippen molar-refractivity contribution in [3.8, 4) is 34.5 Å². The summed E-state index contributed by atoms with van der Waals surface area (Å²) in [6.07, 6.45) is -12.5. The first-order chi connectivity index (χ1) is 29.0. The third-order valence-electron chi connectivity index (χ3n) is 10.6. The summed E-state index contributed by atoms with van der Waals surface area (Å²) in [5, 5.41) is 93.3. The van der Waals surface area contributed by atoms with E-state index in [0.29, 0.717) is 12.8 Å². The summed E-state index contributed by atoms with van der Waals surface area (Å²) < 4.78 is 33.8. The number of carboxylic acids is 1. The number of aromatic hydroxyl groups is 2. The molecule has 3 aromatic carbocycles. The van der Waals surface area contributed by atoms with E-state index in [1.54, 1.807) is 6.92 Å². The van der Waals surface area contributed by atoms with Crippen molar-refractivity contribution < 1.29 is 78.9 Å². The molecule has 0 aliphatic carbocycles. The second kappa shape index (κ2) is 20.2. The van der Waals surface area contributed by atoms with E-state index in [9.17, 15) is 50.4 Å². The molecule has 5 rings (SSSR count). The molecule has 1 fully saturated rings. The van der Waals surface area contributed by atoms with Crippen molar-refractivity contribution in [2.45, 2.75) is 89.2 Å². The predicted octanol–water partition coefficient (Wildman–Crippen LogP) is 1.04. The summed E-state index contributed by atoms with van der Waals surface area (Å²) in [5.74, 6) is -5.93. The minimum absolute atomic E-state index is 0.0166. The van der Waals surface area contributed by atoms with Gasteiger partial charge in [-0.3, -0.25) is 4.99 Å². The normalized spacial score (nSPS) is 23.7. The van der Waals surface area contributed by atoms with Crippen molar-refractivity contribution >= 4 is 23.6 Å². The quantitative estimate of drug-likeness (QED) is 0.0415. The van der Waals surface area contributed by atoms with E-state index >= 15 is 0 Å². The maximum absolute atomic E-state index is 13.5. The number of phenolic OH excluding ortho intramolecular Hbond substituents is 2. The van der Waals surface area contributed by atoms with Crippen LogP contribution in [0.25, 0.3) is 0 Å². The molecule has 0 radical (unpaired) electrons. The summed E-state index contributed by atoms with van der Waals surface area (Å²) >= 11 is 0. The van der Waals surface area contributed by atoms with Crippen LogP contribution in [0.5, 0.6) is 34.5 Å². The smallest absolute Gasteiger partial charge is 0.344 e. The average Bonchev–Trinajstić information content (AvgIpc) is 3.40. The van der Waals surface area contributed by atoms with E-state index in [1.165, 1.54) is 14.2 Å². The zero-order chi connectivity index (χ0) is 44.7. The van der Waals surface area contributed by atoms with Crippen LogP contribution in [0.3, 0.4) is 0 Å². The number of rotatable bonds is 16. The molecular weight excluding hydrogens is 804 g/mol. The lowest BCUT2D eigenvalue weighted by atomic mass is 9.85. The van der Waals surface area contributed by atoms with Crippen LogP contribution in [0.2, 0.25) is 0 Å². The Bertz CT molecular complexity index is 2030. The van der Waals surface area contributed by atoms with Gasteiger partial charge in [-0.25, -0.2) is 9.59 Å². The minimum Gasteiger partial charge on any atom is -0.504 e. The standard InChI is InChI=1S/C41H54N4O16/c1-18(2)28(46)21-11-12-22-27(45-19(21)3)23(37(52)53)15-26(58-17-44-41(42)43-4)34(22)59-40-33(51)31(49)32(50)36(60-40)39(55)61-38(54)24-16-25(56-5)30(48)35(29(24)47)57-14-13-20-9-7-6-8-10-20/h6-10,15-16,18-19,21,28,31-33,36,39-40,45-51,55H,11-14,17H2,1-5H3,(H,52,53)(H3,42,43,44)/t19-,21-,28+,31-,32-,33+,36-,39-,40+/m0/s1. The number of aliphatic imine (C=N–C) groups is 1. The number of carboxylic acid groups (broad SMARTS) is 1. The number of nitrogens with zero attached hydrogens (tertiary/aromatic N) is 1.